The first-order valence-electron chi connectivity index (χ1n) is 4.90. The summed E-state index contributed by atoms with van der Waals surface area (Å²) in [6.07, 6.45) is 0. The minimum atomic E-state index is -0.532. The van der Waals surface area contributed by atoms with Gasteiger partial charge < -0.3 is 10.1 Å². The van der Waals surface area contributed by atoms with E-state index in [9.17, 15) is 14.9 Å². The number of hydrogen-bond acceptors (Lipinski definition) is 4. The van der Waals surface area contributed by atoms with E-state index in [-0.39, 0.29) is 23.2 Å². The van der Waals surface area contributed by atoms with Crippen molar-refractivity contribution in [3.05, 3.63) is 38.3 Å². The first-order valence-corrected chi connectivity index (χ1v) is 5.70. The molecule has 1 saturated heterocycles. The molecule has 1 heterocycles. The molecule has 1 aromatic rings. The summed E-state index contributed by atoms with van der Waals surface area (Å²) in [5, 5.41) is 13.3. The highest BCUT2D eigenvalue weighted by Gasteiger charge is 2.23. The lowest BCUT2D eigenvalue weighted by molar-refractivity contribution is -0.384. The molecule has 17 heavy (non-hydrogen) atoms. The van der Waals surface area contributed by atoms with Gasteiger partial charge in [0.1, 0.15) is 0 Å². The number of nitrogens with one attached hydrogen (secondary N) is 1. The number of halogens is 1. The quantitative estimate of drug-likeness (QED) is 0.677. The number of rotatable bonds is 3. The van der Waals surface area contributed by atoms with E-state index >= 15 is 0 Å². The van der Waals surface area contributed by atoms with Crippen LogP contribution >= 0.6 is 15.9 Å². The Kier molecular flexibility index (Phi) is 3.39. The number of ether oxygens (including phenoxy) is 1. The number of nitro benzene ring substituents is 1. The number of non-ortho nitro benzene ring substituents is 1. The Morgan fingerprint density at radius 2 is 2.24 bits per heavy atom. The second-order valence-corrected chi connectivity index (χ2v) is 4.48. The van der Waals surface area contributed by atoms with Gasteiger partial charge in [0, 0.05) is 16.6 Å². The highest BCUT2D eigenvalue weighted by Crippen LogP contribution is 2.22. The zero-order valence-electron chi connectivity index (χ0n) is 8.68. The van der Waals surface area contributed by atoms with Gasteiger partial charge in [0.2, 0.25) is 0 Å². The molecule has 1 amide bonds. The molecule has 0 aliphatic carbocycles. The smallest absolute Gasteiger partial charge is 0.270 e. The Bertz CT molecular complexity index is 473. The third-order valence-corrected chi connectivity index (χ3v) is 3.07. The molecule has 0 atom stereocenters. The minimum Gasteiger partial charge on any atom is -0.377 e. The molecule has 1 aromatic carbocycles. The zero-order chi connectivity index (χ0) is 12.4. The largest absolute Gasteiger partial charge is 0.377 e. The average Bonchev–Trinajstić information content (AvgIpc) is 2.23. The van der Waals surface area contributed by atoms with E-state index in [1.807, 2.05) is 0 Å². The lowest BCUT2D eigenvalue weighted by atomic mass is 10.1. The number of nitrogens with zero attached hydrogens (tertiary/aromatic N) is 1. The summed E-state index contributed by atoms with van der Waals surface area (Å²) in [4.78, 5) is 21.9. The number of carbonyl (C=O) groups excluding carboxylic acids is 1. The van der Waals surface area contributed by atoms with E-state index in [4.69, 9.17) is 4.74 Å². The number of hydrogen-bond donors (Lipinski definition) is 1. The summed E-state index contributed by atoms with van der Waals surface area (Å²) in [7, 11) is 0. The fourth-order valence-electron chi connectivity index (χ4n) is 1.38. The van der Waals surface area contributed by atoms with Crippen LogP contribution in [0.15, 0.2) is 22.7 Å². The third-order valence-electron chi connectivity index (χ3n) is 2.38. The van der Waals surface area contributed by atoms with Crippen molar-refractivity contribution in [2.24, 2.45) is 0 Å². The predicted octanol–water partition coefficient (Wildman–Crippen LogP) is 1.49. The monoisotopic (exact) mass is 300 g/mol. The van der Waals surface area contributed by atoms with Gasteiger partial charge in [-0.15, -0.1) is 0 Å². The Morgan fingerprint density at radius 1 is 1.53 bits per heavy atom. The van der Waals surface area contributed by atoms with Crippen molar-refractivity contribution < 1.29 is 14.5 Å². The molecule has 0 aromatic heterocycles. The Hall–Kier alpha value is -1.47. The molecule has 0 spiro atoms. The summed E-state index contributed by atoms with van der Waals surface area (Å²) in [6, 6.07) is 4.07. The van der Waals surface area contributed by atoms with Crippen LogP contribution < -0.4 is 5.32 Å². The maximum Gasteiger partial charge on any atom is 0.270 e. The van der Waals surface area contributed by atoms with E-state index in [1.54, 1.807) is 0 Å². The molecule has 1 aliphatic rings. The van der Waals surface area contributed by atoms with Crippen molar-refractivity contribution in [2.75, 3.05) is 13.2 Å². The van der Waals surface area contributed by atoms with Crippen LogP contribution in [-0.4, -0.2) is 30.1 Å². The summed E-state index contributed by atoms with van der Waals surface area (Å²) in [5.41, 5.74) is 0.148. The van der Waals surface area contributed by atoms with E-state index in [2.05, 4.69) is 21.2 Å². The second-order valence-electron chi connectivity index (χ2n) is 3.63. The number of amides is 1. The van der Waals surface area contributed by atoms with Gasteiger partial charge in [-0.2, -0.15) is 0 Å². The first kappa shape index (κ1) is 12.0. The van der Waals surface area contributed by atoms with Crippen LogP contribution in [0.25, 0.3) is 0 Å². The van der Waals surface area contributed by atoms with E-state index in [1.165, 1.54) is 18.2 Å². The van der Waals surface area contributed by atoms with Gasteiger partial charge in [0.25, 0.3) is 11.6 Å². The highest BCUT2D eigenvalue weighted by molar-refractivity contribution is 9.10. The maximum atomic E-state index is 11.8. The van der Waals surface area contributed by atoms with Gasteiger partial charge in [0.15, 0.2) is 0 Å². The van der Waals surface area contributed by atoms with Crippen LogP contribution in [0.4, 0.5) is 5.69 Å². The molecule has 0 unspecified atom stereocenters. The van der Waals surface area contributed by atoms with Crippen molar-refractivity contribution in [1.29, 1.82) is 0 Å². The summed E-state index contributed by atoms with van der Waals surface area (Å²) >= 11 is 3.20. The lowest BCUT2D eigenvalue weighted by Gasteiger charge is -2.26. The van der Waals surface area contributed by atoms with Crippen molar-refractivity contribution in [3.8, 4) is 0 Å². The number of benzene rings is 1. The molecule has 0 radical (unpaired) electrons. The molecule has 2 rings (SSSR count). The normalized spacial score (nSPS) is 15.1. The van der Waals surface area contributed by atoms with Crippen molar-refractivity contribution >= 4 is 27.5 Å². The Balaban J connectivity index is 2.20. The van der Waals surface area contributed by atoms with Crippen molar-refractivity contribution in [3.63, 3.8) is 0 Å². The van der Waals surface area contributed by atoms with Gasteiger partial charge in [-0.1, -0.05) is 0 Å². The second kappa shape index (κ2) is 4.80. The summed E-state index contributed by atoms with van der Waals surface area (Å²) < 4.78 is 5.46. The molecule has 1 N–H and O–H groups in total. The van der Waals surface area contributed by atoms with Crippen LogP contribution in [-0.2, 0) is 4.74 Å². The molecule has 7 heteroatoms. The molecule has 0 bridgehead atoms. The predicted molar refractivity (Wildman–Crippen MR) is 62.9 cm³/mol. The fraction of sp³-hybridized carbons (Fsp3) is 0.300. The molecular weight excluding hydrogens is 292 g/mol. The summed E-state index contributed by atoms with van der Waals surface area (Å²) in [6.45, 7) is 0.969. The van der Waals surface area contributed by atoms with Crippen molar-refractivity contribution in [2.45, 2.75) is 6.04 Å². The zero-order valence-corrected chi connectivity index (χ0v) is 10.3. The average molecular weight is 301 g/mol. The molecule has 1 aliphatic heterocycles. The molecule has 90 valence electrons. The number of nitro groups is 1. The SMILES string of the molecule is O=C(NC1COC1)c1cc([N+](=O)[O-])ccc1Br. The fourth-order valence-corrected chi connectivity index (χ4v) is 1.81. The van der Waals surface area contributed by atoms with Gasteiger partial charge >= 0.3 is 0 Å². The topological polar surface area (TPSA) is 81.5 Å². The third kappa shape index (κ3) is 2.62. The van der Waals surface area contributed by atoms with E-state index in [0.717, 1.165) is 0 Å². The molecule has 1 fully saturated rings. The maximum absolute atomic E-state index is 11.8. The number of carbonyl (C=O) groups is 1. The highest BCUT2D eigenvalue weighted by atomic mass is 79.9. The van der Waals surface area contributed by atoms with Gasteiger partial charge in [-0.05, 0) is 22.0 Å². The molecule has 6 nitrogen and oxygen atoms in total. The summed E-state index contributed by atoms with van der Waals surface area (Å²) in [5.74, 6) is -0.339. The minimum absolute atomic E-state index is 0.00587. The Labute approximate surface area is 105 Å². The first-order chi connectivity index (χ1) is 8.08. The van der Waals surface area contributed by atoms with Crippen LogP contribution in [0.5, 0.6) is 0 Å². The van der Waals surface area contributed by atoms with Crippen LogP contribution in [0.3, 0.4) is 0 Å². The Morgan fingerprint density at radius 3 is 2.76 bits per heavy atom. The standard InChI is InChI=1S/C10H9BrN2O4/c11-9-2-1-7(13(15)16)3-8(9)10(14)12-6-4-17-5-6/h1-3,6H,4-5H2,(H,12,14). The van der Waals surface area contributed by atoms with Crippen LogP contribution in [0.1, 0.15) is 10.4 Å². The van der Waals surface area contributed by atoms with Crippen LogP contribution in [0.2, 0.25) is 0 Å². The van der Waals surface area contributed by atoms with Gasteiger partial charge in [-0.25, -0.2) is 0 Å². The molecule has 0 saturated carbocycles. The van der Waals surface area contributed by atoms with E-state index in [0.29, 0.717) is 17.7 Å². The van der Waals surface area contributed by atoms with Crippen LogP contribution in [0, 0.1) is 10.1 Å². The van der Waals surface area contributed by atoms with Crippen molar-refractivity contribution in [1.82, 2.24) is 5.32 Å². The van der Waals surface area contributed by atoms with E-state index < -0.39 is 4.92 Å². The van der Waals surface area contributed by atoms with Gasteiger partial charge in [-0.3, -0.25) is 14.9 Å². The lowest BCUT2D eigenvalue weighted by Crippen LogP contribution is -2.48. The molecular formula is C10H9BrN2O4. The van der Waals surface area contributed by atoms with Gasteiger partial charge in [0.05, 0.1) is 29.7 Å².